The zero-order valence-corrected chi connectivity index (χ0v) is 9.94. The summed E-state index contributed by atoms with van der Waals surface area (Å²) < 4.78 is 22.1. The minimum atomic E-state index is -2.88. The van der Waals surface area contributed by atoms with Crippen molar-refractivity contribution in [3.8, 4) is 0 Å². The van der Waals surface area contributed by atoms with Crippen LogP contribution in [0.1, 0.15) is 26.7 Å². The van der Waals surface area contributed by atoms with Gasteiger partial charge in [0.2, 0.25) is 0 Å². The second-order valence-electron chi connectivity index (χ2n) is 2.69. The summed E-state index contributed by atoms with van der Waals surface area (Å²) in [7, 11) is -2.88. The molecule has 0 unspecified atom stereocenters. The van der Waals surface area contributed by atoms with Crippen LogP contribution in [0, 0.1) is 0 Å². The molecular formula is C8H18ClO3P. The van der Waals surface area contributed by atoms with E-state index in [2.05, 4.69) is 0 Å². The van der Waals surface area contributed by atoms with Gasteiger partial charge < -0.3 is 9.05 Å². The Kier molecular flexibility index (Phi) is 8.07. The van der Waals surface area contributed by atoms with Crippen LogP contribution in [0.5, 0.6) is 0 Å². The average molecular weight is 229 g/mol. The molecule has 0 fully saturated rings. The molecule has 0 aliphatic carbocycles. The molecule has 0 N–H and O–H groups in total. The lowest BCUT2D eigenvalue weighted by Gasteiger charge is -2.16. The molecule has 0 rings (SSSR count). The van der Waals surface area contributed by atoms with Crippen LogP contribution >= 0.6 is 19.2 Å². The Hall–Kier alpha value is 0.440. The van der Waals surface area contributed by atoms with Gasteiger partial charge in [-0.15, -0.1) is 11.6 Å². The van der Waals surface area contributed by atoms with Crippen LogP contribution in [0.4, 0.5) is 0 Å². The third-order valence-electron chi connectivity index (χ3n) is 1.34. The topological polar surface area (TPSA) is 35.5 Å². The summed E-state index contributed by atoms with van der Waals surface area (Å²) in [4.78, 5) is 0. The molecule has 0 saturated heterocycles. The van der Waals surface area contributed by atoms with Gasteiger partial charge in [0.1, 0.15) is 0 Å². The lowest BCUT2D eigenvalue weighted by Crippen LogP contribution is -2.02. The van der Waals surface area contributed by atoms with Gasteiger partial charge in [-0.25, -0.2) is 0 Å². The highest BCUT2D eigenvalue weighted by Crippen LogP contribution is 2.48. The number of hydrogen-bond donors (Lipinski definition) is 0. The summed E-state index contributed by atoms with van der Waals surface area (Å²) in [5, 5.41) is 0. The fourth-order valence-electron chi connectivity index (χ4n) is 0.731. The second-order valence-corrected chi connectivity index (χ2v) is 5.25. The lowest BCUT2D eigenvalue weighted by molar-refractivity contribution is 0.205. The minimum Gasteiger partial charge on any atom is -0.309 e. The SMILES string of the molecule is CCCOP(=O)(CCCl)OCCC. The molecule has 5 heteroatoms. The molecule has 80 valence electrons. The molecule has 0 atom stereocenters. The fourth-order valence-corrected chi connectivity index (χ4v) is 2.81. The zero-order valence-electron chi connectivity index (χ0n) is 8.29. The highest BCUT2D eigenvalue weighted by Gasteiger charge is 2.22. The smallest absolute Gasteiger partial charge is 0.309 e. The first kappa shape index (κ1) is 13.4. The van der Waals surface area contributed by atoms with E-state index in [1.54, 1.807) is 0 Å². The van der Waals surface area contributed by atoms with Crippen molar-refractivity contribution < 1.29 is 13.6 Å². The van der Waals surface area contributed by atoms with E-state index in [9.17, 15) is 4.57 Å². The summed E-state index contributed by atoms with van der Waals surface area (Å²) in [6.07, 6.45) is 1.97. The third-order valence-corrected chi connectivity index (χ3v) is 3.72. The lowest BCUT2D eigenvalue weighted by atomic mass is 10.5. The van der Waals surface area contributed by atoms with Crippen molar-refractivity contribution in [2.45, 2.75) is 26.7 Å². The van der Waals surface area contributed by atoms with E-state index in [1.165, 1.54) is 0 Å². The summed E-state index contributed by atoms with van der Waals surface area (Å²) in [6.45, 7) is 4.87. The van der Waals surface area contributed by atoms with E-state index >= 15 is 0 Å². The van der Waals surface area contributed by atoms with Crippen molar-refractivity contribution in [1.29, 1.82) is 0 Å². The van der Waals surface area contributed by atoms with Gasteiger partial charge in [0, 0.05) is 5.88 Å². The molecule has 0 aromatic rings. The normalized spacial score (nSPS) is 11.9. The first-order valence-corrected chi connectivity index (χ1v) is 6.89. The van der Waals surface area contributed by atoms with E-state index in [0.717, 1.165) is 12.8 Å². The maximum absolute atomic E-state index is 11.8. The Morgan fingerprint density at radius 1 is 1.15 bits per heavy atom. The molecule has 0 aromatic heterocycles. The maximum Gasteiger partial charge on any atom is 0.331 e. The molecule has 0 saturated carbocycles. The molecule has 0 aliphatic heterocycles. The summed E-state index contributed by atoms with van der Waals surface area (Å²) in [5.41, 5.74) is 0. The van der Waals surface area contributed by atoms with E-state index in [0.29, 0.717) is 25.3 Å². The van der Waals surface area contributed by atoms with Crippen LogP contribution in [-0.4, -0.2) is 25.3 Å². The van der Waals surface area contributed by atoms with Gasteiger partial charge in [-0.3, -0.25) is 4.57 Å². The first-order chi connectivity index (χ1) is 6.18. The van der Waals surface area contributed by atoms with Crippen molar-refractivity contribution in [3.63, 3.8) is 0 Å². The van der Waals surface area contributed by atoms with Gasteiger partial charge >= 0.3 is 7.60 Å². The average Bonchev–Trinajstić information content (AvgIpc) is 2.12. The van der Waals surface area contributed by atoms with Crippen LogP contribution in [-0.2, 0) is 13.6 Å². The van der Waals surface area contributed by atoms with Crippen molar-refractivity contribution in [2.24, 2.45) is 0 Å². The molecule has 0 amide bonds. The predicted molar refractivity (Wildman–Crippen MR) is 55.7 cm³/mol. The summed E-state index contributed by atoms with van der Waals surface area (Å²) >= 11 is 5.51. The van der Waals surface area contributed by atoms with E-state index in [-0.39, 0.29) is 0 Å². The molecule has 0 aliphatic rings. The van der Waals surface area contributed by atoms with Gasteiger partial charge in [-0.1, -0.05) is 13.8 Å². The fraction of sp³-hybridized carbons (Fsp3) is 1.00. The number of hydrogen-bond acceptors (Lipinski definition) is 3. The van der Waals surface area contributed by atoms with Crippen molar-refractivity contribution in [2.75, 3.05) is 25.3 Å². The minimum absolute atomic E-state index is 0.300. The monoisotopic (exact) mass is 228 g/mol. The highest BCUT2D eigenvalue weighted by atomic mass is 35.5. The molecule has 13 heavy (non-hydrogen) atoms. The van der Waals surface area contributed by atoms with E-state index < -0.39 is 7.60 Å². The Morgan fingerprint density at radius 3 is 1.92 bits per heavy atom. The molecule has 0 spiro atoms. The Bertz CT molecular complexity index is 151. The van der Waals surface area contributed by atoms with Gasteiger partial charge in [0.15, 0.2) is 0 Å². The third kappa shape index (κ3) is 6.50. The van der Waals surface area contributed by atoms with Gasteiger partial charge in [0.25, 0.3) is 0 Å². The molecule has 0 aromatic carbocycles. The zero-order chi connectivity index (χ0) is 10.2. The number of alkyl halides is 1. The second kappa shape index (κ2) is 7.81. The van der Waals surface area contributed by atoms with Crippen LogP contribution in [0.3, 0.4) is 0 Å². The molecule has 0 bridgehead atoms. The van der Waals surface area contributed by atoms with E-state index in [4.69, 9.17) is 20.6 Å². The standard InChI is InChI=1S/C8H18ClO3P/c1-3-6-11-13(10,8-5-9)12-7-4-2/h3-8H2,1-2H3. The molecular weight excluding hydrogens is 211 g/mol. The van der Waals surface area contributed by atoms with Crippen LogP contribution in [0.2, 0.25) is 0 Å². The van der Waals surface area contributed by atoms with Crippen molar-refractivity contribution in [3.05, 3.63) is 0 Å². The van der Waals surface area contributed by atoms with Crippen molar-refractivity contribution in [1.82, 2.24) is 0 Å². The Labute approximate surface area is 85.3 Å². The largest absolute Gasteiger partial charge is 0.331 e. The molecule has 0 heterocycles. The highest BCUT2D eigenvalue weighted by molar-refractivity contribution is 7.53. The van der Waals surface area contributed by atoms with Crippen LogP contribution < -0.4 is 0 Å². The Balaban J connectivity index is 3.92. The summed E-state index contributed by atoms with van der Waals surface area (Å²) in [6, 6.07) is 0. The van der Waals surface area contributed by atoms with Crippen molar-refractivity contribution >= 4 is 19.2 Å². The molecule has 0 radical (unpaired) electrons. The van der Waals surface area contributed by atoms with Crippen LogP contribution in [0.15, 0.2) is 0 Å². The van der Waals surface area contributed by atoms with E-state index in [1.807, 2.05) is 13.8 Å². The maximum atomic E-state index is 11.8. The quantitative estimate of drug-likeness (QED) is 0.473. The van der Waals surface area contributed by atoms with Gasteiger partial charge in [-0.2, -0.15) is 0 Å². The Morgan fingerprint density at radius 2 is 1.62 bits per heavy atom. The summed E-state index contributed by atoms with van der Waals surface area (Å²) in [5.74, 6) is 0.310. The first-order valence-electron chi connectivity index (χ1n) is 4.62. The van der Waals surface area contributed by atoms with Crippen LogP contribution in [0.25, 0.3) is 0 Å². The predicted octanol–water partition coefficient (Wildman–Crippen LogP) is 3.27. The number of rotatable bonds is 8. The number of halogens is 1. The van der Waals surface area contributed by atoms with Gasteiger partial charge in [0.05, 0.1) is 19.4 Å². The molecule has 3 nitrogen and oxygen atoms in total. The van der Waals surface area contributed by atoms with Gasteiger partial charge in [-0.05, 0) is 12.8 Å².